The Labute approximate surface area is 103 Å². The van der Waals surface area contributed by atoms with Crippen molar-refractivity contribution in [2.24, 2.45) is 5.73 Å². The minimum atomic E-state index is -4.95. The van der Waals surface area contributed by atoms with Gasteiger partial charge in [0, 0.05) is 12.6 Å². The topological polar surface area (TPSA) is 44.5 Å². The summed E-state index contributed by atoms with van der Waals surface area (Å²) in [5.41, 5.74) is 5.37. The Morgan fingerprint density at radius 1 is 0.947 bits per heavy atom. The molecule has 19 heavy (non-hydrogen) atoms. The van der Waals surface area contributed by atoms with Gasteiger partial charge in [0.2, 0.25) is 0 Å². The normalized spacial score (nSPS) is 12.4. The molecule has 0 unspecified atom stereocenters. The molecule has 0 saturated heterocycles. The molecule has 3 nitrogen and oxygen atoms in total. The van der Waals surface area contributed by atoms with Crippen LogP contribution in [0, 0.1) is 0 Å². The molecule has 0 bridgehead atoms. The predicted molar refractivity (Wildman–Crippen MR) is 52.6 cm³/mol. The van der Waals surface area contributed by atoms with E-state index in [1.807, 2.05) is 0 Å². The highest BCUT2D eigenvalue weighted by Gasteiger charge is 2.32. The maximum Gasteiger partial charge on any atom is 0.573 e. The molecule has 1 rings (SSSR count). The lowest BCUT2D eigenvalue weighted by molar-refractivity contribution is -0.274. The van der Waals surface area contributed by atoms with Crippen molar-refractivity contribution in [1.82, 2.24) is 0 Å². The molecule has 0 radical (unpaired) electrons. The summed E-state index contributed by atoms with van der Waals surface area (Å²) in [5, 5.41) is 0. The molecule has 9 heteroatoms. The average Bonchev–Trinajstić information content (AvgIpc) is 2.22. The largest absolute Gasteiger partial charge is 0.573 e. The molecular formula is C10H9F6NO2. The maximum atomic E-state index is 12.0. The molecular weight excluding hydrogens is 280 g/mol. The number of benzene rings is 1. The van der Waals surface area contributed by atoms with E-state index in [1.54, 1.807) is 0 Å². The summed E-state index contributed by atoms with van der Waals surface area (Å²) in [4.78, 5) is 0. The van der Waals surface area contributed by atoms with Crippen LogP contribution in [0.1, 0.15) is 5.56 Å². The minimum Gasteiger partial charge on any atom is -0.484 e. The Morgan fingerprint density at radius 2 is 1.53 bits per heavy atom. The first-order valence-electron chi connectivity index (χ1n) is 4.88. The zero-order valence-electron chi connectivity index (χ0n) is 9.31. The summed E-state index contributed by atoms with van der Waals surface area (Å²) in [5.74, 6) is -1.09. The van der Waals surface area contributed by atoms with Crippen molar-refractivity contribution in [2.75, 3.05) is 6.61 Å². The van der Waals surface area contributed by atoms with Crippen molar-refractivity contribution in [1.29, 1.82) is 0 Å². The number of hydrogen-bond donors (Lipinski definition) is 1. The molecule has 0 aromatic heterocycles. The first kappa shape index (κ1) is 15.4. The van der Waals surface area contributed by atoms with Crippen LogP contribution >= 0.6 is 0 Å². The first-order chi connectivity index (χ1) is 8.59. The lowest BCUT2D eigenvalue weighted by Gasteiger charge is -2.13. The van der Waals surface area contributed by atoms with Gasteiger partial charge in [-0.2, -0.15) is 13.2 Å². The third-order valence-corrected chi connectivity index (χ3v) is 1.81. The van der Waals surface area contributed by atoms with Crippen molar-refractivity contribution in [2.45, 2.75) is 19.1 Å². The Hall–Kier alpha value is -1.64. The molecule has 0 heterocycles. The van der Waals surface area contributed by atoms with E-state index in [1.165, 1.54) is 0 Å². The summed E-state index contributed by atoms with van der Waals surface area (Å²) >= 11 is 0. The summed E-state index contributed by atoms with van der Waals surface area (Å²) in [6.45, 7) is -1.79. The molecule has 2 N–H and O–H groups in total. The third-order valence-electron chi connectivity index (χ3n) is 1.81. The Morgan fingerprint density at radius 3 is 2.00 bits per heavy atom. The third kappa shape index (κ3) is 6.18. The SMILES string of the molecule is NCc1cc(OCC(F)(F)F)cc(OC(F)(F)F)c1. The fraction of sp³-hybridized carbons (Fsp3) is 0.400. The summed E-state index contributed by atoms with van der Waals surface area (Å²) in [7, 11) is 0. The molecule has 1 aromatic rings. The number of alkyl halides is 6. The molecule has 0 aliphatic carbocycles. The van der Waals surface area contributed by atoms with Gasteiger partial charge in [0.25, 0.3) is 0 Å². The first-order valence-corrected chi connectivity index (χ1v) is 4.88. The van der Waals surface area contributed by atoms with E-state index in [0.29, 0.717) is 6.07 Å². The number of hydrogen-bond acceptors (Lipinski definition) is 3. The molecule has 0 aliphatic heterocycles. The van der Waals surface area contributed by atoms with Crippen molar-refractivity contribution in [3.8, 4) is 11.5 Å². The van der Waals surface area contributed by atoms with E-state index in [0.717, 1.165) is 12.1 Å². The Kier molecular flexibility index (Phi) is 4.51. The maximum absolute atomic E-state index is 12.0. The highest BCUT2D eigenvalue weighted by molar-refractivity contribution is 5.38. The highest BCUT2D eigenvalue weighted by atomic mass is 19.4. The molecule has 108 valence electrons. The standard InChI is InChI=1S/C10H9F6NO2/c11-9(12,13)5-18-7-1-6(4-17)2-8(3-7)19-10(14,15)16/h1-3H,4-5,17H2. The summed E-state index contributed by atoms with van der Waals surface area (Å²) in [6.07, 6.45) is -9.54. The van der Waals surface area contributed by atoms with Crippen LogP contribution in [-0.2, 0) is 6.54 Å². The second kappa shape index (κ2) is 5.55. The van der Waals surface area contributed by atoms with Gasteiger partial charge in [0.05, 0.1) is 0 Å². The van der Waals surface area contributed by atoms with Crippen LogP contribution in [0.25, 0.3) is 0 Å². The van der Waals surface area contributed by atoms with E-state index in [4.69, 9.17) is 5.73 Å². The van der Waals surface area contributed by atoms with E-state index in [-0.39, 0.29) is 12.1 Å². The monoisotopic (exact) mass is 289 g/mol. The van der Waals surface area contributed by atoms with Crippen molar-refractivity contribution in [3.63, 3.8) is 0 Å². The number of nitrogens with two attached hydrogens (primary N) is 1. The van der Waals surface area contributed by atoms with Crippen LogP contribution in [0.4, 0.5) is 26.3 Å². The van der Waals surface area contributed by atoms with Gasteiger partial charge in [0.1, 0.15) is 11.5 Å². The summed E-state index contributed by atoms with van der Waals surface area (Å²) in [6, 6.07) is 2.78. The van der Waals surface area contributed by atoms with Crippen molar-refractivity contribution < 1.29 is 35.8 Å². The van der Waals surface area contributed by atoms with Crippen LogP contribution in [0.5, 0.6) is 11.5 Å². The van der Waals surface area contributed by atoms with Gasteiger partial charge in [0.15, 0.2) is 6.61 Å². The number of rotatable bonds is 4. The second-order valence-electron chi connectivity index (χ2n) is 3.47. The van der Waals surface area contributed by atoms with Gasteiger partial charge in [-0.15, -0.1) is 13.2 Å². The van der Waals surface area contributed by atoms with Gasteiger partial charge in [-0.1, -0.05) is 0 Å². The lowest BCUT2D eigenvalue weighted by atomic mass is 10.2. The minimum absolute atomic E-state index is 0.152. The molecule has 0 atom stereocenters. The lowest BCUT2D eigenvalue weighted by Crippen LogP contribution is -2.20. The van der Waals surface area contributed by atoms with E-state index in [2.05, 4.69) is 9.47 Å². The molecule has 0 spiro atoms. The van der Waals surface area contributed by atoms with Crippen molar-refractivity contribution in [3.05, 3.63) is 23.8 Å². The van der Waals surface area contributed by atoms with Gasteiger partial charge < -0.3 is 15.2 Å². The average molecular weight is 289 g/mol. The fourth-order valence-corrected chi connectivity index (χ4v) is 1.19. The van der Waals surface area contributed by atoms with Crippen LogP contribution in [0.15, 0.2) is 18.2 Å². The second-order valence-corrected chi connectivity index (χ2v) is 3.47. The van der Waals surface area contributed by atoms with Crippen LogP contribution in [0.3, 0.4) is 0 Å². The van der Waals surface area contributed by atoms with Gasteiger partial charge in [-0.05, 0) is 17.7 Å². The zero-order valence-corrected chi connectivity index (χ0v) is 9.31. The zero-order chi connectivity index (χ0) is 14.7. The molecule has 0 amide bonds. The Balaban J connectivity index is 2.89. The smallest absolute Gasteiger partial charge is 0.484 e. The predicted octanol–water partition coefficient (Wildman–Crippen LogP) is 2.99. The number of ether oxygens (including phenoxy) is 2. The van der Waals surface area contributed by atoms with E-state index >= 15 is 0 Å². The number of halogens is 6. The highest BCUT2D eigenvalue weighted by Crippen LogP contribution is 2.29. The van der Waals surface area contributed by atoms with Gasteiger partial charge in [-0.3, -0.25) is 0 Å². The van der Waals surface area contributed by atoms with Crippen LogP contribution in [-0.4, -0.2) is 19.1 Å². The van der Waals surface area contributed by atoms with Gasteiger partial charge >= 0.3 is 12.5 Å². The van der Waals surface area contributed by atoms with E-state index < -0.39 is 30.6 Å². The molecule has 0 aliphatic rings. The Bertz CT molecular complexity index is 429. The fourth-order valence-electron chi connectivity index (χ4n) is 1.19. The molecule has 0 fully saturated rings. The van der Waals surface area contributed by atoms with Gasteiger partial charge in [-0.25, -0.2) is 0 Å². The molecule has 0 saturated carbocycles. The van der Waals surface area contributed by atoms with Crippen LogP contribution in [0.2, 0.25) is 0 Å². The quantitative estimate of drug-likeness (QED) is 0.867. The van der Waals surface area contributed by atoms with Crippen LogP contribution < -0.4 is 15.2 Å². The van der Waals surface area contributed by atoms with E-state index in [9.17, 15) is 26.3 Å². The molecule has 1 aromatic carbocycles. The summed E-state index contributed by atoms with van der Waals surface area (Å²) < 4.78 is 79.8. The van der Waals surface area contributed by atoms with Crippen molar-refractivity contribution >= 4 is 0 Å².